The Hall–Kier alpha value is -2.62. The minimum Gasteiger partial charge on any atom is -0.483 e. The SMILES string of the molecule is Cc1ccc(/C=N\NC(=O)COc2cc(C)ccc2C)cc1. The third-order valence-electron chi connectivity index (χ3n) is 3.18. The molecule has 0 aromatic heterocycles. The lowest BCUT2D eigenvalue weighted by Gasteiger charge is -2.08. The van der Waals surface area contributed by atoms with Crippen LogP contribution in [0.5, 0.6) is 5.75 Å². The summed E-state index contributed by atoms with van der Waals surface area (Å²) < 4.78 is 5.51. The number of benzene rings is 2. The molecule has 0 aliphatic heterocycles. The number of amides is 1. The van der Waals surface area contributed by atoms with Gasteiger partial charge in [0.05, 0.1) is 6.21 Å². The quantitative estimate of drug-likeness (QED) is 0.680. The van der Waals surface area contributed by atoms with Crippen molar-refractivity contribution in [1.82, 2.24) is 5.43 Å². The Kier molecular flexibility index (Phi) is 5.31. The second-order valence-electron chi connectivity index (χ2n) is 5.26. The smallest absolute Gasteiger partial charge is 0.277 e. The van der Waals surface area contributed by atoms with E-state index >= 15 is 0 Å². The van der Waals surface area contributed by atoms with Crippen molar-refractivity contribution >= 4 is 12.1 Å². The van der Waals surface area contributed by atoms with Gasteiger partial charge in [0.1, 0.15) is 5.75 Å². The summed E-state index contributed by atoms with van der Waals surface area (Å²) in [5.41, 5.74) is 6.67. The number of hydrogen-bond acceptors (Lipinski definition) is 3. The van der Waals surface area contributed by atoms with E-state index in [1.165, 1.54) is 5.56 Å². The van der Waals surface area contributed by atoms with Gasteiger partial charge in [-0.2, -0.15) is 5.10 Å². The molecule has 0 aliphatic carbocycles. The molecule has 0 bridgehead atoms. The van der Waals surface area contributed by atoms with Gasteiger partial charge >= 0.3 is 0 Å². The zero-order chi connectivity index (χ0) is 15.9. The molecular formula is C18H20N2O2. The molecule has 0 heterocycles. The van der Waals surface area contributed by atoms with Crippen molar-refractivity contribution in [3.05, 3.63) is 64.7 Å². The van der Waals surface area contributed by atoms with Gasteiger partial charge in [-0.15, -0.1) is 0 Å². The molecular weight excluding hydrogens is 276 g/mol. The lowest BCUT2D eigenvalue weighted by Crippen LogP contribution is -2.24. The predicted octanol–water partition coefficient (Wildman–Crippen LogP) is 3.14. The standard InChI is InChI=1S/C18H20N2O2/c1-13-5-8-16(9-6-13)11-19-20-18(21)12-22-17-10-14(2)4-7-15(17)3/h4-11H,12H2,1-3H3,(H,20,21)/b19-11-. The maximum Gasteiger partial charge on any atom is 0.277 e. The Morgan fingerprint density at radius 3 is 2.50 bits per heavy atom. The molecule has 2 aromatic carbocycles. The molecule has 0 saturated carbocycles. The van der Waals surface area contributed by atoms with Gasteiger partial charge in [0.25, 0.3) is 5.91 Å². The summed E-state index contributed by atoms with van der Waals surface area (Å²) in [5, 5.41) is 3.92. The average molecular weight is 296 g/mol. The fourth-order valence-corrected chi connectivity index (χ4v) is 1.87. The monoisotopic (exact) mass is 296 g/mol. The van der Waals surface area contributed by atoms with Gasteiger partial charge in [0, 0.05) is 0 Å². The van der Waals surface area contributed by atoms with Crippen LogP contribution in [-0.4, -0.2) is 18.7 Å². The molecule has 2 rings (SSSR count). The lowest BCUT2D eigenvalue weighted by molar-refractivity contribution is -0.123. The molecule has 22 heavy (non-hydrogen) atoms. The number of carbonyl (C=O) groups excluding carboxylic acids is 1. The fourth-order valence-electron chi connectivity index (χ4n) is 1.87. The Morgan fingerprint density at radius 2 is 1.77 bits per heavy atom. The van der Waals surface area contributed by atoms with Crippen molar-refractivity contribution in [1.29, 1.82) is 0 Å². The van der Waals surface area contributed by atoms with Crippen molar-refractivity contribution < 1.29 is 9.53 Å². The number of carbonyl (C=O) groups is 1. The first kappa shape index (κ1) is 15.8. The summed E-state index contributed by atoms with van der Waals surface area (Å²) in [7, 11) is 0. The normalized spacial score (nSPS) is 10.7. The van der Waals surface area contributed by atoms with E-state index in [0.717, 1.165) is 22.4 Å². The number of ether oxygens (including phenoxy) is 1. The second kappa shape index (κ2) is 7.41. The first-order valence-corrected chi connectivity index (χ1v) is 7.13. The lowest BCUT2D eigenvalue weighted by atomic mass is 10.1. The van der Waals surface area contributed by atoms with Gasteiger partial charge < -0.3 is 4.74 Å². The molecule has 4 nitrogen and oxygen atoms in total. The van der Waals surface area contributed by atoms with Crippen LogP contribution in [0.25, 0.3) is 0 Å². The third-order valence-corrected chi connectivity index (χ3v) is 3.18. The molecule has 1 N–H and O–H groups in total. The Labute approximate surface area is 130 Å². The van der Waals surface area contributed by atoms with Crippen LogP contribution in [0.2, 0.25) is 0 Å². The minimum atomic E-state index is -0.288. The Bertz CT molecular complexity index is 676. The van der Waals surface area contributed by atoms with E-state index in [2.05, 4.69) is 10.5 Å². The Balaban J connectivity index is 1.83. The number of nitrogens with one attached hydrogen (secondary N) is 1. The van der Waals surface area contributed by atoms with E-state index in [1.54, 1.807) is 6.21 Å². The largest absolute Gasteiger partial charge is 0.483 e. The molecule has 0 fully saturated rings. The summed E-state index contributed by atoms with van der Waals surface area (Å²) in [6.07, 6.45) is 1.61. The zero-order valence-electron chi connectivity index (χ0n) is 13.1. The molecule has 114 valence electrons. The highest BCUT2D eigenvalue weighted by molar-refractivity contribution is 5.82. The van der Waals surface area contributed by atoms with Crippen LogP contribution in [0.3, 0.4) is 0 Å². The number of nitrogens with zero attached hydrogens (tertiary/aromatic N) is 1. The van der Waals surface area contributed by atoms with Crippen molar-refractivity contribution in [3.8, 4) is 5.75 Å². The molecule has 2 aromatic rings. The average Bonchev–Trinajstić information content (AvgIpc) is 2.50. The van der Waals surface area contributed by atoms with Gasteiger partial charge in [-0.05, 0) is 43.5 Å². The summed E-state index contributed by atoms with van der Waals surface area (Å²) in [6.45, 7) is 5.89. The predicted molar refractivity (Wildman–Crippen MR) is 88.3 cm³/mol. The van der Waals surface area contributed by atoms with Crippen molar-refractivity contribution in [2.24, 2.45) is 5.10 Å². The van der Waals surface area contributed by atoms with Crippen molar-refractivity contribution in [3.63, 3.8) is 0 Å². The molecule has 0 unspecified atom stereocenters. The zero-order valence-corrected chi connectivity index (χ0v) is 13.1. The first-order chi connectivity index (χ1) is 10.5. The van der Waals surface area contributed by atoms with E-state index in [0.29, 0.717) is 0 Å². The topological polar surface area (TPSA) is 50.7 Å². The Morgan fingerprint density at radius 1 is 1.09 bits per heavy atom. The van der Waals surface area contributed by atoms with E-state index < -0.39 is 0 Å². The molecule has 0 radical (unpaired) electrons. The maximum absolute atomic E-state index is 11.7. The number of hydrogen-bond donors (Lipinski definition) is 1. The molecule has 1 amide bonds. The van der Waals surface area contributed by atoms with Crippen LogP contribution in [0, 0.1) is 20.8 Å². The number of hydrazone groups is 1. The highest BCUT2D eigenvalue weighted by Gasteiger charge is 2.04. The fraction of sp³-hybridized carbons (Fsp3) is 0.222. The van der Waals surface area contributed by atoms with Gasteiger partial charge in [-0.1, -0.05) is 42.0 Å². The van der Waals surface area contributed by atoms with Crippen LogP contribution in [0.4, 0.5) is 0 Å². The maximum atomic E-state index is 11.7. The van der Waals surface area contributed by atoms with Crippen LogP contribution in [0.15, 0.2) is 47.6 Å². The molecule has 0 atom stereocenters. The molecule has 0 spiro atoms. The third kappa shape index (κ3) is 4.74. The highest BCUT2D eigenvalue weighted by Crippen LogP contribution is 2.18. The van der Waals surface area contributed by atoms with Crippen molar-refractivity contribution in [2.45, 2.75) is 20.8 Å². The molecule has 0 aliphatic rings. The number of aryl methyl sites for hydroxylation is 3. The summed E-state index contributed by atoms with van der Waals surface area (Å²) >= 11 is 0. The second-order valence-corrected chi connectivity index (χ2v) is 5.26. The first-order valence-electron chi connectivity index (χ1n) is 7.13. The van der Waals surface area contributed by atoms with E-state index in [4.69, 9.17) is 4.74 Å². The molecule has 4 heteroatoms. The van der Waals surface area contributed by atoms with E-state index in [9.17, 15) is 4.79 Å². The van der Waals surface area contributed by atoms with Gasteiger partial charge in [-0.3, -0.25) is 4.79 Å². The van der Waals surface area contributed by atoms with Crippen LogP contribution >= 0.6 is 0 Å². The summed E-state index contributed by atoms with van der Waals surface area (Å²) in [5.74, 6) is 0.432. The van der Waals surface area contributed by atoms with Crippen LogP contribution in [-0.2, 0) is 4.79 Å². The summed E-state index contributed by atoms with van der Waals surface area (Å²) in [6, 6.07) is 13.8. The van der Waals surface area contributed by atoms with Gasteiger partial charge in [0.15, 0.2) is 6.61 Å². The molecule has 0 saturated heterocycles. The summed E-state index contributed by atoms with van der Waals surface area (Å²) in [4.78, 5) is 11.7. The van der Waals surface area contributed by atoms with Crippen molar-refractivity contribution in [2.75, 3.05) is 6.61 Å². The van der Waals surface area contributed by atoms with Crippen LogP contribution < -0.4 is 10.2 Å². The van der Waals surface area contributed by atoms with Gasteiger partial charge in [0.2, 0.25) is 0 Å². The van der Waals surface area contributed by atoms with Crippen LogP contribution in [0.1, 0.15) is 22.3 Å². The number of rotatable bonds is 5. The highest BCUT2D eigenvalue weighted by atomic mass is 16.5. The van der Waals surface area contributed by atoms with E-state index in [-0.39, 0.29) is 12.5 Å². The van der Waals surface area contributed by atoms with Gasteiger partial charge in [-0.25, -0.2) is 5.43 Å². The minimum absolute atomic E-state index is 0.0600. The van der Waals surface area contributed by atoms with E-state index in [1.807, 2.05) is 63.2 Å².